The Balaban J connectivity index is 2.04. The average Bonchev–Trinajstić information content (AvgIpc) is 3.03. The number of nitrogens with one attached hydrogen (secondary N) is 2. The molecule has 0 aliphatic carbocycles. The fourth-order valence-electron chi connectivity index (χ4n) is 3.03. The van der Waals surface area contributed by atoms with Crippen molar-refractivity contribution in [1.29, 1.82) is 0 Å². The molecule has 3 heteroatoms. The molecule has 3 aromatic rings. The molecule has 2 N–H and O–H groups in total. The molecule has 114 valence electrons. The number of para-hydroxylation sites is 1. The van der Waals surface area contributed by atoms with E-state index in [9.17, 15) is 0 Å². The summed E-state index contributed by atoms with van der Waals surface area (Å²) in [5.41, 5.74) is 3.74. The molecule has 0 bridgehead atoms. The Morgan fingerprint density at radius 1 is 1.14 bits per heavy atom. The van der Waals surface area contributed by atoms with E-state index in [0.717, 1.165) is 18.7 Å². The molecule has 1 aromatic heterocycles. The third-order valence-corrected chi connectivity index (χ3v) is 4.18. The number of fused-ring (bicyclic) bond motifs is 1. The molecule has 1 atom stereocenters. The lowest BCUT2D eigenvalue weighted by Crippen LogP contribution is -2.13. The topological polar surface area (TPSA) is 37.0 Å². The molecule has 0 fully saturated rings. The van der Waals surface area contributed by atoms with Gasteiger partial charge < -0.3 is 15.0 Å². The third kappa shape index (κ3) is 2.85. The van der Waals surface area contributed by atoms with E-state index in [2.05, 4.69) is 46.7 Å². The Hall–Kier alpha value is -2.26. The van der Waals surface area contributed by atoms with Crippen molar-refractivity contribution in [3.63, 3.8) is 0 Å². The van der Waals surface area contributed by atoms with Gasteiger partial charge in [0.2, 0.25) is 0 Å². The van der Waals surface area contributed by atoms with E-state index in [-0.39, 0.29) is 0 Å². The van der Waals surface area contributed by atoms with Crippen LogP contribution in [-0.4, -0.2) is 25.7 Å². The maximum absolute atomic E-state index is 5.57. The van der Waals surface area contributed by atoms with Crippen molar-refractivity contribution in [1.82, 2.24) is 10.3 Å². The van der Waals surface area contributed by atoms with Gasteiger partial charge in [-0.3, -0.25) is 0 Å². The summed E-state index contributed by atoms with van der Waals surface area (Å²) in [4.78, 5) is 3.30. The van der Waals surface area contributed by atoms with Gasteiger partial charge in [0.25, 0.3) is 0 Å². The summed E-state index contributed by atoms with van der Waals surface area (Å²) in [6.07, 6.45) is 3.02. The first-order valence-corrected chi connectivity index (χ1v) is 7.68. The van der Waals surface area contributed by atoms with Crippen molar-refractivity contribution >= 4 is 10.9 Å². The number of rotatable bonds is 6. The molecule has 2 aromatic carbocycles. The Labute approximate surface area is 131 Å². The fourth-order valence-corrected chi connectivity index (χ4v) is 3.03. The molecular formula is C19H22N2O. The molecule has 0 radical (unpaired) electrons. The molecule has 0 aliphatic heterocycles. The minimum Gasteiger partial charge on any atom is -0.496 e. The van der Waals surface area contributed by atoms with Gasteiger partial charge in [0.1, 0.15) is 5.75 Å². The summed E-state index contributed by atoms with van der Waals surface area (Å²) >= 11 is 0. The van der Waals surface area contributed by atoms with Gasteiger partial charge in [-0.25, -0.2) is 0 Å². The van der Waals surface area contributed by atoms with E-state index in [1.807, 2.05) is 25.4 Å². The average molecular weight is 294 g/mol. The SMILES string of the molecule is CNCCC(c1ccc2cc[nH]c2c1)c1ccccc1OC. The van der Waals surface area contributed by atoms with Crippen molar-refractivity contribution < 1.29 is 4.74 Å². The number of aromatic nitrogens is 1. The van der Waals surface area contributed by atoms with Gasteiger partial charge in [0.05, 0.1) is 7.11 Å². The number of methoxy groups -OCH3 is 1. The summed E-state index contributed by atoms with van der Waals surface area (Å²) in [7, 11) is 3.73. The maximum atomic E-state index is 5.57. The molecule has 0 aliphatic rings. The standard InChI is InChI=1S/C19H22N2O/c1-20-11-10-16(17-5-3-4-6-19(17)22-2)15-8-7-14-9-12-21-18(14)13-15/h3-9,12-13,16,20-21H,10-11H2,1-2H3. The number of hydrogen-bond acceptors (Lipinski definition) is 2. The zero-order valence-corrected chi connectivity index (χ0v) is 13.1. The molecule has 3 nitrogen and oxygen atoms in total. The van der Waals surface area contributed by atoms with Gasteiger partial charge in [-0.05, 0) is 49.2 Å². The summed E-state index contributed by atoms with van der Waals surface area (Å²) in [5.74, 6) is 1.27. The van der Waals surface area contributed by atoms with Crippen molar-refractivity contribution in [3.05, 3.63) is 65.9 Å². The highest BCUT2D eigenvalue weighted by molar-refractivity contribution is 5.80. The maximum Gasteiger partial charge on any atom is 0.122 e. The van der Waals surface area contributed by atoms with Crippen LogP contribution in [0.15, 0.2) is 54.7 Å². The first-order chi connectivity index (χ1) is 10.8. The minimum atomic E-state index is 0.316. The smallest absolute Gasteiger partial charge is 0.122 e. The third-order valence-electron chi connectivity index (χ3n) is 4.18. The molecule has 0 spiro atoms. The van der Waals surface area contributed by atoms with Gasteiger partial charge >= 0.3 is 0 Å². The number of hydrogen-bond donors (Lipinski definition) is 2. The highest BCUT2D eigenvalue weighted by Gasteiger charge is 2.18. The largest absolute Gasteiger partial charge is 0.496 e. The van der Waals surface area contributed by atoms with Gasteiger partial charge in [0.15, 0.2) is 0 Å². The van der Waals surface area contributed by atoms with Crippen LogP contribution < -0.4 is 10.1 Å². The molecule has 3 rings (SSSR count). The van der Waals surface area contributed by atoms with E-state index in [1.54, 1.807) is 7.11 Å². The normalized spacial score (nSPS) is 12.5. The molecule has 0 saturated heterocycles. The monoisotopic (exact) mass is 294 g/mol. The van der Waals surface area contributed by atoms with Gasteiger partial charge in [-0.2, -0.15) is 0 Å². The van der Waals surface area contributed by atoms with Gasteiger partial charge in [-0.1, -0.05) is 30.3 Å². The zero-order chi connectivity index (χ0) is 15.4. The van der Waals surface area contributed by atoms with Crippen LogP contribution in [0.5, 0.6) is 5.75 Å². The quantitative estimate of drug-likeness (QED) is 0.723. The van der Waals surface area contributed by atoms with Crippen LogP contribution in [0.4, 0.5) is 0 Å². The number of aromatic amines is 1. The first-order valence-electron chi connectivity index (χ1n) is 7.68. The van der Waals surface area contributed by atoms with Gasteiger partial charge in [-0.15, -0.1) is 0 Å². The highest BCUT2D eigenvalue weighted by Crippen LogP contribution is 2.35. The summed E-state index contributed by atoms with van der Waals surface area (Å²) in [5, 5.41) is 4.51. The van der Waals surface area contributed by atoms with Crippen molar-refractivity contribution in [2.45, 2.75) is 12.3 Å². The van der Waals surface area contributed by atoms with Crippen LogP contribution in [0.2, 0.25) is 0 Å². The van der Waals surface area contributed by atoms with Crippen molar-refractivity contribution in [3.8, 4) is 5.75 Å². The van der Waals surface area contributed by atoms with E-state index in [1.165, 1.54) is 22.0 Å². The number of ether oxygens (including phenoxy) is 1. The molecule has 1 heterocycles. The summed E-state index contributed by atoms with van der Waals surface area (Å²) in [6.45, 7) is 0.964. The first kappa shape index (κ1) is 14.7. The Kier molecular flexibility index (Phi) is 4.45. The van der Waals surface area contributed by atoms with E-state index in [4.69, 9.17) is 4.74 Å². The lowest BCUT2D eigenvalue weighted by atomic mass is 9.87. The molecular weight excluding hydrogens is 272 g/mol. The van der Waals surface area contributed by atoms with Crippen LogP contribution in [0.3, 0.4) is 0 Å². The molecule has 22 heavy (non-hydrogen) atoms. The van der Waals surface area contributed by atoms with Crippen LogP contribution in [0, 0.1) is 0 Å². The predicted molar refractivity (Wildman–Crippen MR) is 91.7 cm³/mol. The highest BCUT2D eigenvalue weighted by atomic mass is 16.5. The zero-order valence-electron chi connectivity index (χ0n) is 13.1. The Morgan fingerprint density at radius 3 is 2.82 bits per heavy atom. The van der Waals surface area contributed by atoms with Crippen LogP contribution in [-0.2, 0) is 0 Å². The van der Waals surface area contributed by atoms with E-state index in [0.29, 0.717) is 5.92 Å². The summed E-state index contributed by atoms with van der Waals surface area (Å²) in [6, 6.07) is 17.1. The lowest BCUT2D eigenvalue weighted by Gasteiger charge is -2.20. The number of benzene rings is 2. The lowest BCUT2D eigenvalue weighted by molar-refractivity contribution is 0.406. The number of H-pyrrole nitrogens is 1. The van der Waals surface area contributed by atoms with E-state index >= 15 is 0 Å². The van der Waals surface area contributed by atoms with E-state index < -0.39 is 0 Å². The second-order valence-corrected chi connectivity index (χ2v) is 5.51. The Morgan fingerprint density at radius 2 is 2.00 bits per heavy atom. The molecule has 0 saturated carbocycles. The minimum absolute atomic E-state index is 0.316. The van der Waals surface area contributed by atoms with Crippen LogP contribution in [0.1, 0.15) is 23.5 Å². The Bertz CT molecular complexity index is 748. The van der Waals surface area contributed by atoms with Crippen molar-refractivity contribution in [2.24, 2.45) is 0 Å². The predicted octanol–water partition coefficient (Wildman–Crippen LogP) is 3.92. The molecule has 0 amide bonds. The van der Waals surface area contributed by atoms with Gasteiger partial charge in [0, 0.05) is 23.2 Å². The molecule has 1 unspecified atom stereocenters. The van der Waals surface area contributed by atoms with Crippen LogP contribution >= 0.6 is 0 Å². The fraction of sp³-hybridized carbons (Fsp3) is 0.263. The van der Waals surface area contributed by atoms with Crippen molar-refractivity contribution in [2.75, 3.05) is 20.7 Å². The van der Waals surface area contributed by atoms with Crippen LogP contribution in [0.25, 0.3) is 10.9 Å². The second-order valence-electron chi connectivity index (χ2n) is 5.51. The summed E-state index contributed by atoms with van der Waals surface area (Å²) < 4.78 is 5.57. The second kappa shape index (κ2) is 6.67.